The molecule has 3 aromatic carbocycles. The van der Waals surface area contributed by atoms with Crippen LogP contribution >= 0.6 is 15.9 Å². The fourth-order valence-electron chi connectivity index (χ4n) is 5.15. The summed E-state index contributed by atoms with van der Waals surface area (Å²) in [5, 5.41) is 0. The molecule has 9 nitrogen and oxygen atoms in total. The molecule has 4 rings (SSSR count). The smallest absolute Gasteiger partial charge is 0.341 e. The van der Waals surface area contributed by atoms with Gasteiger partial charge in [0.1, 0.15) is 17.1 Å². The van der Waals surface area contributed by atoms with Crippen molar-refractivity contribution < 1.29 is 42.9 Å². The van der Waals surface area contributed by atoms with Gasteiger partial charge in [-0.1, -0.05) is 52.3 Å². The van der Waals surface area contributed by atoms with Crippen molar-refractivity contribution in [2.45, 2.75) is 30.5 Å². The van der Waals surface area contributed by atoms with Gasteiger partial charge in [0.15, 0.2) is 17.3 Å². The maximum Gasteiger partial charge on any atom is 0.341 e. The van der Waals surface area contributed by atoms with Crippen LogP contribution in [0.15, 0.2) is 48.5 Å². The Kier molecular flexibility index (Phi) is 9.57. The summed E-state index contributed by atoms with van der Waals surface area (Å²) in [5.41, 5.74) is 1.42. The Morgan fingerprint density at radius 2 is 1.45 bits per heavy atom. The molecule has 0 aromatic heterocycles. The first-order valence-corrected chi connectivity index (χ1v) is 14.0. The second-order valence-electron chi connectivity index (χ2n) is 9.51. The van der Waals surface area contributed by atoms with Crippen LogP contribution in [-0.4, -0.2) is 62.6 Å². The van der Waals surface area contributed by atoms with Crippen LogP contribution in [0.2, 0.25) is 0 Å². The number of benzene rings is 3. The Hall–Kier alpha value is -4.31. The number of ketones is 3. The molecule has 0 bridgehead atoms. The summed E-state index contributed by atoms with van der Waals surface area (Å²) < 4.78 is 20.9. The molecule has 0 heterocycles. The SMILES string of the molecule is COC(=O)CCCC(Br)C(=O)c1cccc(OC)c1Cc1c(C(=O)OC)c(OC)cc2c1C(=O)c1ccccc1C2=O. The third-order valence-electron chi connectivity index (χ3n) is 7.21. The molecule has 0 saturated heterocycles. The monoisotopic (exact) mass is 636 g/mol. The van der Waals surface area contributed by atoms with E-state index in [9.17, 15) is 24.0 Å². The lowest BCUT2D eigenvalue weighted by molar-refractivity contribution is -0.140. The van der Waals surface area contributed by atoms with Crippen LogP contribution in [0.25, 0.3) is 0 Å². The summed E-state index contributed by atoms with van der Waals surface area (Å²) in [6.45, 7) is 0. The molecule has 10 heteroatoms. The first kappa shape index (κ1) is 30.6. The number of alkyl halides is 1. The first-order valence-electron chi connectivity index (χ1n) is 13.1. The minimum Gasteiger partial charge on any atom is -0.496 e. The lowest BCUT2D eigenvalue weighted by Crippen LogP contribution is -2.25. The average Bonchev–Trinajstić information content (AvgIpc) is 3.02. The zero-order valence-corrected chi connectivity index (χ0v) is 25.2. The molecule has 1 aliphatic carbocycles. The highest BCUT2D eigenvalue weighted by atomic mass is 79.9. The van der Waals surface area contributed by atoms with Crippen LogP contribution in [0.1, 0.15) is 82.9 Å². The van der Waals surface area contributed by atoms with Crippen molar-refractivity contribution in [3.63, 3.8) is 0 Å². The van der Waals surface area contributed by atoms with Gasteiger partial charge in [0.05, 0.1) is 33.3 Å². The van der Waals surface area contributed by atoms with Gasteiger partial charge in [-0.25, -0.2) is 4.79 Å². The Labute approximate surface area is 251 Å². The number of fused-ring (bicyclic) bond motifs is 2. The van der Waals surface area contributed by atoms with Gasteiger partial charge in [-0.15, -0.1) is 0 Å². The second kappa shape index (κ2) is 13.1. The van der Waals surface area contributed by atoms with E-state index in [1.54, 1.807) is 42.5 Å². The molecule has 0 radical (unpaired) electrons. The third kappa shape index (κ3) is 5.72. The van der Waals surface area contributed by atoms with Gasteiger partial charge in [-0.3, -0.25) is 19.2 Å². The molecular weight excluding hydrogens is 608 g/mol. The number of carbonyl (C=O) groups is 5. The predicted molar refractivity (Wildman–Crippen MR) is 156 cm³/mol. The molecule has 0 fully saturated rings. The van der Waals surface area contributed by atoms with E-state index in [0.29, 0.717) is 24.2 Å². The molecule has 42 heavy (non-hydrogen) atoms. The molecule has 218 valence electrons. The summed E-state index contributed by atoms with van der Waals surface area (Å²) in [6.07, 6.45) is 0.806. The first-order chi connectivity index (χ1) is 20.2. The van der Waals surface area contributed by atoms with E-state index in [0.717, 1.165) is 0 Å². The van der Waals surface area contributed by atoms with Crippen molar-refractivity contribution in [1.82, 2.24) is 0 Å². The molecule has 1 atom stereocenters. The summed E-state index contributed by atoms with van der Waals surface area (Å²) in [6, 6.07) is 12.8. The minimum absolute atomic E-state index is 0.0305. The lowest BCUT2D eigenvalue weighted by Gasteiger charge is -2.25. The topological polar surface area (TPSA) is 122 Å². The molecule has 0 amide bonds. The van der Waals surface area contributed by atoms with E-state index >= 15 is 0 Å². The number of Topliss-reactive ketones (excluding diaryl/α,β-unsaturated/α-hetero) is 1. The zero-order valence-electron chi connectivity index (χ0n) is 23.6. The van der Waals surface area contributed by atoms with Crippen LogP contribution in [0.5, 0.6) is 11.5 Å². The second-order valence-corrected chi connectivity index (χ2v) is 10.6. The number of rotatable bonds is 11. The predicted octanol–water partition coefficient (Wildman–Crippen LogP) is 5.15. The number of ether oxygens (including phenoxy) is 4. The van der Waals surface area contributed by atoms with E-state index in [2.05, 4.69) is 20.7 Å². The molecule has 3 aromatic rings. The molecule has 0 N–H and O–H groups in total. The van der Waals surface area contributed by atoms with E-state index in [1.807, 2.05) is 0 Å². The van der Waals surface area contributed by atoms with Gasteiger partial charge in [0, 0.05) is 46.2 Å². The van der Waals surface area contributed by atoms with E-state index in [4.69, 9.17) is 14.2 Å². The van der Waals surface area contributed by atoms with Crippen LogP contribution in [0, 0.1) is 0 Å². The zero-order chi connectivity index (χ0) is 30.6. The largest absolute Gasteiger partial charge is 0.496 e. The quantitative estimate of drug-likeness (QED) is 0.125. The van der Waals surface area contributed by atoms with Crippen LogP contribution in [0.4, 0.5) is 0 Å². The number of carbonyl (C=O) groups excluding carboxylic acids is 5. The molecule has 0 saturated carbocycles. The molecule has 0 spiro atoms. The summed E-state index contributed by atoms with van der Waals surface area (Å²) >= 11 is 3.45. The maximum atomic E-state index is 13.9. The highest BCUT2D eigenvalue weighted by Crippen LogP contribution is 2.39. The van der Waals surface area contributed by atoms with Crippen LogP contribution < -0.4 is 9.47 Å². The van der Waals surface area contributed by atoms with E-state index in [1.165, 1.54) is 34.5 Å². The molecule has 0 aliphatic heterocycles. The van der Waals surface area contributed by atoms with Crippen molar-refractivity contribution in [2.24, 2.45) is 0 Å². The van der Waals surface area contributed by atoms with Crippen molar-refractivity contribution in [3.05, 3.63) is 93.0 Å². The van der Waals surface area contributed by atoms with Crippen molar-refractivity contribution >= 4 is 45.2 Å². The Morgan fingerprint density at radius 1 is 0.786 bits per heavy atom. The van der Waals surface area contributed by atoms with Gasteiger partial charge in [0.25, 0.3) is 0 Å². The highest BCUT2D eigenvalue weighted by molar-refractivity contribution is 9.10. The maximum absolute atomic E-state index is 13.9. The minimum atomic E-state index is -0.771. The molecular formula is C32H29BrO9. The number of esters is 2. The highest BCUT2D eigenvalue weighted by Gasteiger charge is 2.37. The van der Waals surface area contributed by atoms with Gasteiger partial charge in [0.2, 0.25) is 0 Å². The van der Waals surface area contributed by atoms with Crippen LogP contribution in [0.3, 0.4) is 0 Å². The fraction of sp³-hybridized carbons (Fsp3) is 0.281. The molecule has 1 aliphatic rings. The molecule has 1 unspecified atom stereocenters. The summed E-state index contributed by atoms with van der Waals surface area (Å²) in [4.78, 5) is 65.3. The summed E-state index contributed by atoms with van der Waals surface area (Å²) in [5.74, 6) is -1.85. The number of hydrogen-bond donors (Lipinski definition) is 0. The Morgan fingerprint density at radius 3 is 2.07 bits per heavy atom. The number of methoxy groups -OCH3 is 4. The van der Waals surface area contributed by atoms with E-state index < -0.39 is 22.4 Å². The van der Waals surface area contributed by atoms with E-state index in [-0.39, 0.29) is 69.3 Å². The van der Waals surface area contributed by atoms with Gasteiger partial charge >= 0.3 is 11.9 Å². The van der Waals surface area contributed by atoms with Crippen molar-refractivity contribution in [1.29, 1.82) is 0 Å². The normalized spacial score (nSPS) is 12.6. The van der Waals surface area contributed by atoms with Gasteiger partial charge in [-0.05, 0) is 30.5 Å². The van der Waals surface area contributed by atoms with Gasteiger partial charge in [-0.2, -0.15) is 0 Å². The fourth-order valence-corrected chi connectivity index (χ4v) is 5.72. The van der Waals surface area contributed by atoms with Gasteiger partial charge < -0.3 is 18.9 Å². The van der Waals surface area contributed by atoms with Crippen LogP contribution in [-0.2, 0) is 20.7 Å². The Bertz CT molecular complexity index is 1590. The van der Waals surface area contributed by atoms with Crippen molar-refractivity contribution in [2.75, 3.05) is 28.4 Å². The number of halogens is 1. The Balaban J connectivity index is 1.90. The average molecular weight is 637 g/mol. The standard InChI is InChI=1S/C32H29BrO9/c1-39-24-13-7-11-19(30(36)23(33)12-8-14-26(34)41-3)20(24)15-21-27-22(16-25(40-2)28(21)32(38)42-4)29(35)17-9-5-6-10-18(17)31(27)37/h5-7,9-11,13,16,23H,8,12,14-15H2,1-4H3. The lowest BCUT2D eigenvalue weighted by atomic mass is 9.78. The summed E-state index contributed by atoms with van der Waals surface area (Å²) in [7, 11) is 5.30. The van der Waals surface area contributed by atoms with Crippen molar-refractivity contribution in [3.8, 4) is 11.5 Å². The number of hydrogen-bond acceptors (Lipinski definition) is 9. The third-order valence-corrected chi connectivity index (χ3v) is 8.09.